The lowest BCUT2D eigenvalue weighted by atomic mass is 9.96. The number of rotatable bonds is 2. The third-order valence-corrected chi connectivity index (χ3v) is 2.29. The lowest BCUT2D eigenvalue weighted by molar-refractivity contribution is 0.445. The molecule has 0 radical (unpaired) electrons. The van der Waals surface area contributed by atoms with Crippen LogP contribution in [0.25, 0.3) is 0 Å². The highest BCUT2D eigenvalue weighted by Crippen LogP contribution is 2.33. The van der Waals surface area contributed by atoms with Crippen LogP contribution in [-0.2, 0) is 0 Å². The number of aromatic hydroxyl groups is 1. The Balaban J connectivity index is 3.46. The molecule has 1 aromatic rings. The molecule has 2 nitrogen and oxygen atoms in total. The van der Waals surface area contributed by atoms with Crippen LogP contribution < -0.4 is 0 Å². The van der Waals surface area contributed by atoms with E-state index >= 15 is 0 Å². The lowest BCUT2D eigenvalue weighted by Gasteiger charge is -2.12. The van der Waals surface area contributed by atoms with E-state index in [1.807, 2.05) is 0 Å². The van der Waals surface area contributed by atoms with Gasteiger partial charge in [0, 0.05) is 17.5 Å². The van der Waals surface area contributed by atoms with Crippen molar-refractivity contribution in [2.45, 2.75) is 19.8 Å². The van der Waals surface area contributed by atoms with Crippen molar-refractivity contribution in [2.24, 2.45) is 0 Å². The van der Waals surface area contributed by atoms with E-state index in [0.29, 0.717) is 6.07 Å². The van der Waals surface area contributed by atoms with Crippen LogP contribution in [0.3, 0.4) is 0 Å². The number of benzene rings is 1. The minimum absolute atomic E-state index is 0.0592. The van der Waals surface area contributed by atoms with Crippen LogP contribution in [0.4, 0.5) is 8.78 Å². The van der Waals surface area contributed by atoms with Crippen LogP contribution in [-0.4, -0.2) is 5.11 Å². The van der Waals surface area contributed by atoms with Crippen molar-refractivity contribution in [3.05, 3.63) is 41.0 Å². The summed E-state index contributed by atoms with van der Waals surface area (Å²) in [6, 6.07) is 2.13. The third-order valence-electron chi connectivity index (χ3n) is 2.29. The number of hydrogen-bond acceptors (Lipinski definition) is 2. The first-order valence-electron chi connectivity index (χ1n) is 4.76. The van der Waals surface area contributed by atoms with Crippen molar-refractivity contribution < 1.29 is 13.9 Å². The van der Waals surface area contributed by atoms with Crippen molar-refractivity contribution in [1.82, 2.24) is 0 Å². The molecule has 0 spiro atoms. The summed E-state index contributed by atoms with van der Waals surface area (Å²) in [5.74, 6) is -2.93. The van der Waals surface area contributed by atoms with Crippen molar-refractivity contribution in [3.8, 4) is 11.8 Å². The van der Waals surface area contributed by atoms with Gasteiger partial charge in [0.05, 0.1) is 0 Å². The molecule has 4 heteroatoms. The second kappa shape index (κ2) is 4.75. The van der Waals surface area contributed by atoms with Crippen molar-refractivity contribution in [3.63, 3.8) is 0 Å². The normalized spacial score (nSPS) is 12.7. The van der Waals surface area contributed by atoms with E-state index < -0.39 is 28.9 Å². The summed E-state index contributed by atoms with van der Waals surface area (Å²) in [5, 5.41) is 18.2. The molecule has 0 aliphatic rings. The number of nitriles is 1. The van der Waals surface area contributed by atoms with Gasteiger partial charge in [0.2, 0.25) is 0 Å². The van der Waals surface area contributed by atoms with Crippen LogP contribution in [0, 0.1) is 23.0 Å². The van der Waals surface area contributed by atoms with Crippen molar-refractivity contribution in [1.29, 1.82) is 5.26 Å². The molecule has 1 rings (SSSR count). The second-order valence-corrected chi connectivity index (χ2v) is 3.40. The van der Waals surface area contributed by atoms with Gasteiger partial charge >= 0.3 is 0 Å². The Hall–Kier alpha value is -1.89. The lowest BCUT2D eigenvalue weighted by Crippen LogP contribution is -1.99. The summed E-state index contributed by atoms with van der Waals surface area (Å²) in [6.07, 6.45) is 3.34. The molecule has 0 aliphatic carbocycles. The van der Waals surface area contributed by atoms with Gasteiger partial charge in [0.1, 0.15) is 29.0 Å². The third kappa shape index (κ3) is 2.03. The highest BCUT2D eigenvalue weighted by molar-refractivity contribution is 5.51. The summed E-state index contributed by atoms with van der Waals surface area (Å²) in [5.41, 5.74) is -0.580. The first-order valence-corrected chi connectivity index (χ1v) is 4.76. The van der Waals surface area contributed by atoms with Gasteiger partial charge in [-0.1, -0.05) is 19.1 Å². The molecular formula is C12H11F2NO. The average Bonchev–Trinajstić information content (AvgIpc) is 2.17. The van der Waals surface area contributed by atoms with Gasteiger partial charge in [0.25, 0.3) is 0 Å². The highest BCUT2D eigenvalue weighted by Gasteiger charge is 2.20. The Morgan fingerprint density at radius 2 is 2.06 bits per heavy atom. The van der Waals surface area contributed by atoms with Gasteiger partial charge in [-0.2, -0.15) is 5.26 Å². The Labute approximate surface area is 92.4 Å². The summed E-state index contributed by atoms with van der Waals surface area (Å²) in [6.45, 7) is 3.40. The van der Waals surface area contributed by atoms with Crippen LogP contribution in [0.2, 0.25) is 0 Å². The molecule has 0 aromatic heterocycles. The molecule has 0 saturated heterocycles. The van der Waals surface area contributed by atoms with Gasteiger partial charge in [-0.05, 0) is 6.92 Å². The zero-order valence-electron chi connectivity index (χ0n) is 8.96. The second-order valence-electron chi connectivity index (χ2n) is 3.40. The summed E-state index contributed by atoms with van der Waals surface area (Å²) in [4.78, 5) is 0. The molecule has 16 heavy (non-hydrogen) atoms. The van der Waals surface area contributed by atoms with Crippen LogP contribution in [0.1, 0.15) is 30.9 Å². The van der Waals surface area contributed by atoms with Gasteiger partial charge < -0.3 is 5.11 Å². The number of allylic oxidation sites excluding steroid dienone is 2. The zero-order valence-corrected chi connectivity index (χ0v) is 8.96. The minimum Gasteiger partial charge on any atom is -0.506 e. The van der Waals surface area contributed by atoms with E-state index in [4.69, 9.17) is 5.26 Å². The summed E-state index contributed by atoms with van der Waals surface area (Å²) < 4.78 is 26.6. The number of hydrogen-bond donors (Lipinski definition) is 1. The molecule has 84 valence electrons. The molecule has 0 saturated carbocycles. The van der Waals surface area contributed by atoms with Gasteiger partial charge in [-0.25, -0.2) is 8.78 Å². The van der Waals surface area contributed by atoms with E-state index in [1.165, 1.54) is 6.07 Å². The smallest absolute Gasteiger partial charge is 0.147 e. The van der Waals surface area contributed by atoms with E-state index in [-0.39, 0.29) is 5.56 Å². The molecular weight excluding hydrogens is 212 g/mol. The molecule has 0 bridgehead atoms. The largest absolute Gasteiger partial charge is 0.506 e. The number of phenolic OH excluding ortho intramolecular Hbond substituents is 1. The Morgan fingerprint density at radius 1 is 1.44 bits per heavy atom. The Morgan fingerprint density at radius 3 is 2.56 bits per heavy atom. The number of halogens is 2. The van der Waals surface area contributed by atoms with Gasteiger partial charge in [-0.15, -0.1) is 0 Å². The zero-order chi connectivity index (χ0) is 12.3. The summed E-state index contributed by atoms with van der Waals surface area (Å²) in [7, 11) is 0. The molecule has 0 aliphatic heterocycles. The number of nitrogens with zero attached hydrogens (tertiary/aromatic N) is 1. The predicted molar refractivity (Wildman–Crippen MR) is 56.0 cm³/mol. The van der Waals surface area contributed by atoms with E-state index in [2.05, 4.69) is 0 Å². The molecule has 1 atom stereocenters. The minimum atomic E-state index is -1.05. The fraction of sp³-hybridized carbons (Fsp3) is 0.250. The maximum atomic E-state index is 13.5. The van der Waals surface area contributed by atoms with E-state index in [0.717, 1.165) is 0 Å². The van der Waals surface area contributed by atoms with E-state index in [9.17, 15) is 13.9 Å². The monoisotopic (exact) mass is 223 g/mol. The van der Waals surface area contributed by atoms with Crippen LogP contribution >= 0.6 is 0 Å². The van der Waals surface area contributed by atoms with Crippen LogP contribution in [0.15, 0.2) is 18.2 Å². The molecule has 1 N–H and O–H groups in total. The van der Waals surface area contributed by atoms with Crippen LogP contribution in [0.5, 0.6) is 5.75 Å². The quantitative estimate of drug-likeness (QED) is 0.782. The first kappa shape index (κ1) is 12.2. The predicted octanol–water partition coefficient (Wildman–Crippen LogP) is 3.22. The fourth-order valence-electron chi connectivity index (χ4n) is 1.55. The molecule has 0 heterocycles. The molecule has 0 amide bonds. The first-order chi connectivity index (χ1) is 7.52. The SMILES string of the molecule is C/C=C/C(C)c1c(F)cc(F)c(C#N)c1O. The van der Waals surface area contributed by atoms with E-state index in [1.54, 1.807) is 26.0 Å². The Bertz CT molecular complexity index is 475. The maximum absolute atomic E-state index is 13.5. The Kier molecular flexibility index (Phi) is 3.62. The fourth-order valence-corrected chi connectivity index (χ4v) is 1.55. The molecule has 1 unspecified atom stereocenters. The van der Waals surface area contributed by atoms with Gasteiger partial charge in [-0.3, -0.25) is 0 Å². The van der Waals surface area contributed by atoms with Gasteiger partial charge in [0.15, 0.2) is 0 Å². The average molecular weight is 223 g/mol. The summed E-state index contributed by atoms with van der Waals surface area (Å²) >= 11 is 0. The standard InChI is InChI=1S/C12H11F2NO/c1-3-4-7(2)11-10(14)5-9(13)8(6-15)12(11)16/h3-5,7,16H,1-2H3/b4-3+. The maximum Gasteiger partial charge on any atom is 0.147 e. The topological polar surface area (TPSA) is 44.0 Å². The van der Waals surface area contributed by atoms with Crippen molar-refractivity contribution >= 4 is 0 Å². The molecule has 1 aromatic carbocycles. The number of phenols is 1. The molecule has 0 fully saturated rings. The van der Waals surface area contributed by atoms with Crippen molar-refractivity contribution in [2.75, 3.05) is 0 Å². The highest BCUT2D eigenvalue weighted by atomic mass is 19.1.